The highest BCUT2D eigenvalue weighted by Crippen LogP contribution is 2.34. The van der Waals surface area contributed by atoms with Crippen molar-refractivity contribution in [3.8, 4) is 0 Å². The van der Waals surface area contributed by atoms with Crippen LogP contribution in [0.1, 0.15) is 84.5 Å². The number of esters is 1. The van der Waals surface area contributed by atoms with E-state index in [0.29, 0.717) is 12.8 Å². The average molecular weight is 383 g/mol. The van der Waals surface area contributed by atoms with Gasteiger partial charge in [-0.3, -0.25) is 9.59 Å². The molecule has 0 spiro atoms. The van der Waals surface area contributed by atoms with Crippen molar-refractivity contribution in [2.24, 2.45) is 11.8 Å². The zero-order valence-electron chi connectivity index (χ0n) is 17.3. The molecule has 2 N–H and O–H groups in total. The van der Waals surface area contributed by atoms with E-state index in [1.165, 1.54) is 7.11 Å². The van der Waals surface area contributed by atoms with Crippen LogP contribution in [0.25, 0.3) is 0 Å². The number of unbranched alkanes of at least 4 members (excludes halogenated alkanes) is 4. The fourth-order valence-corrected chi connectivity index (χ4v) is 3.82. The summed E-state index contributed by atoms with van der Waals surface area (Å²) in [6, 6.07) is 0. The number of carbonyl (C=O) groups excluding carboxylic acids is 2. The predicted octanol–water partition coefficient (Wildman–Crippen LogP) is 3.95. The number of carbonyl (C=O) groups is 2. The van der Waals surface area contributed by atoms with E-state index < -0.39 is 11.7 Å². The lowest BCUT2D eigenvalue weighted by Crippen LogP contribution is -2.23. The highest BCUT2D eigenvalue weighted by molar-refractivity contribution is 5.84. The van der Waals surface area contributed by atoms with Gasteiger partial charge in [0.1, 0.15) is 5.78 Å². The lowest BCUT2D eigenvalue weighted by atomic mass is 9.87. The minimum absolute atomic E-state index is 0.127. The molecule has 1 aliphatic rings. The van der Waals surface area contributed by atoms with Gasteiger partial charge < -0.3 is 14.9 Å². The summed E-state index contributed by atoms with van der Waals surface area (Å²) < 4.78 is 4.62. The van der Waals surface area contributed by atoms with Crippen LogP contribution in [-0.2, 0) is 14.3 Å². The Morgan fingerprint density at radius 2 is 1.96 bits per heavy atom. The summed E-state index contributed by atoms with van der Waals surface area (Å²) in [7, 11) is 1.40. The maximum absolute atomic E-state index is 12.2. The Morgan fingerprint density at radius 1 is 1.26 bits per heavy atom. The summed E-state index contributed by atoms with van der Waals surface area (Å²) in [6.45, 7) is 3.95. The fraction of sp³-hybridized carbons (Fsp3) is 0.818. The van der Waals surface area contributed by atoms with Crippen molar-refractivity contribution in [1.29, 1.82) is 0 Å². The SMILES string of the molecule is CCCCC(C)(O)C/C=C\[C@H]1[C@H](O)CC(=O)[C@@H]1CCCCCCC(=O)OC. The van der Waals surface area contributed by atoms with E-state index >= 15 is 0 Å². The van der Waals surface area contributed by atoms with Crippen molar-refractivity contribution < 1.29 is 24.5 Å². The molecule has 0 radical (unpaired) electrons. The van der Waals surface area contributed by atoms with Gasteiger partial charge in [-0.1, -0.05) is 51.2 Å². The van der Waals surface area contributed by atoms with Gasteiger partial charge in [-0.15, -0.1) is 0 Å². The van der Waals surface area contributed by atoms with Crippen LogP contribution in [0.4, 0.5) is 0 Å². The molecule has 0 amide bonds. The number of ether oxygens (including phenoxy) is 1. The fourth-order valence-electron chi connectivity index (χ4n) is 3.82. The number of rotatable bonds is 13. The first-order valence-electron chi connectivity index (χ1n) is 10.5. The molecule has 0 bridgehead atoms. The van der Waals surface area contributed by atoms with Crippen molar-refractivity contribution >= 4 is 11.8 Å². The largest absolute Gasteiger partial charge is 0.469 e. The van der Waals surface area contributed by atoms with Crippen LogP contribution >= 0.6 is 0 Å². The third-order valence-electron chi connectivity index (χ3n) is 5.59. The lowest BCUT2D eigenvalue weighted by molar-refractivity contribution is -0.140. The van der Waals surface area contributed by atoms with Gasteiger partial charge in [0.05, 0.1) is 18.8 Å². The van der Waals surface area contributed by atoms with Crippen LogP contribution in [0.3, 0.4) is 0 Å². The molecule has 0 heterocycles. The molecule has 5 heteroatoms. The van der Waals surface area contributed by atoms with Crippen LogP contribution in [0.2, 0.25) is 0 Å². The van der Waals surface area contributed by atoms with Crippen LogP contribution in [-0.4, -0.2) is 40.8 Å². The molecule has 156 valence electrons. The number of hydrogen-bond donors (Lipinski definition) is 2. The summed E-state index contributed by atoms with van der Waals surface area (Å²) in [6.07, 6.45) is 11.7. The summed E-state index contributed by atoms with van der Waals surface area (Å²) in [5.41, 5.74) is -0.727. The van der Waals surface area contributed by atoms with Gasteiger partial charge in [-0.25, -0.2) is 0 Å². The van der Waals surface area contributed by atoms with E-state index in [9.17, 15) is 19.8 Å². The third-order valence-corrected chi connectivity index (χ3v) is 5.59. The monoisotopic (exact) mass is 382 g/mol. The smallest absolute Gasteiger partial charge is 0.305 e. The molecule has 1 saturated carbocycles. The third kappa shape index (κ3) is 9.02. The zero-order chi connectivity index (χ0) is 20.3. The number of methoxy groups -OCH3 is 1. The molecular weight excluding hydrogens is 344 g/mol. The van der Waals surface area contributed by atoms with Gasteiger partial charge in [0.2, 0.25) is 0 Å². The van der Waals surface area contributed by atoms with Crippen molar-refractivity contribution in [3.63, 3.8) is 0 Å². The van der Waals surface area contributed by atoms with Gasteiger partial charge in [-0.2, -0.15) is 0 Å². The Labute approximate surface area is 164 Å². The van der Waals surface area contributed by atoms with Gasteiger partial charge in [0.25, 0.3) is 0 Å². The van der Waals surface area contributed by atoms with E-state index in [-0.39, 0.29) is 30.0 Å². The first-order valence-corrected chi connectivity index (χ1v) is 10.5. The van der Waals surface area contributed by atoms with Crippen molar-refractivity contribution in [1.82, 2.24) is 0 Å². The Hall–Kier alpha value is -1.20. The second-order valence-corrected chi connectivity index (χ2v) is 8.18. The van der Waals surface area contributed by atoms with Crippen LogP contribution < -0.4 is 0 Å². The molecule has 0 aromatic rings. The summed E-state index contributed by atoms with van der Waals surface area (Å²) >= 11 is 0. The number of hydrogen-bond acceptors (Lipinski definition) is 5. The highest BCUT2D eigenvalue weighted by Gasteiger charge is 2.39. The molecule has 0 aliphatic heterocycles. The van der Waals surface area contributed by atoms with E-state index in [1.807, 2.05) is 19.1 Å². The predicted molar refractivity (Wildman–Crippen MR) is 106 cm³/mol. The Morgan fingerprint density at radius 3 is 2.63 bits per heavy atom. The second-order valence-electron chi connectivity index (χ2n) is 8.18. The molecule has 1 unspecified atom stereocenters. The average Bonchev–Trinajstić information content (AvgIpc) is 2.89. The van der Waals surface area contributed by atoms with Crippen molar-refractivity contribution in [3.05, 3.63) is 12.2 Å². The molecule has 1 rings (SSSR count). The number of Topliss-reactive ketones (excluding diaryl/α,β-unsaturated/α-hetero) is 1. The topological polar surface area (TPSA) is 83.8 Å². The molecule has 1 fully saturated rings. The summed E-state index contributed by atoms with van der Waals surface area (Å²) in [5, 5.41) is 20.6. The summed E-state index contributed by atoms with van der Waals surface area (Å²) in [4.78, 5) is 23.3. The molecule has 0 aromatic heterocycles. The molecule has 4 atom stereocenters. The summed E-state index contributed by atoms with van der Waals surface area (Å²) in [5.74, 6) is -0.305. The van der Waals surface area contributed by atoms with Gasteiger partial charge >= 0.3 is 5.97 Å². The van der Waals surface area contributed by atoms with Crippen LogP contribution in [0, 0.1) is 11.8 Å². The molecule has 5 nitrogen and oxygen atoms in total. The zero-order valence-corrected chi connectivity index (χ0v) is 17.3. The quantitative estimate of drug-likeness (QED) is 0.286. The van der Waals surface area contributed by atoms with Gasteiger partial charge in [-0.05, 0) is 32.6 Å². The molecular formula is C22H38O5. The van der Waals surface area contributed by atoms with E-state index in [0.717, 1.165) is 51.4 Å². The Kier molecular flexibility index (Phi) is 10.9. The number of ketones is 1. The molecule has 0 saturated heterocycles. The van der Waals surface area contributed by atoms with Gasteiger partial charge in [0.15, 0.2) is 0 Å². The van der Waals surface area contributed by atoms with Gasteiger partial charge in [0, 0.05) is 24.7 Å². The Bertz CT molecular complexity index is 483. The van der Waals surface area contributed by atoms with Crippen molar-refractivity contribution in [2.75, 3.05) is 7.11 Å². The van der Waals surface area contributed by atoms with E-state index in [1.54, 1.807) is 0 Å². The highest BCUT2D eigenvalue weighted by atomic mass is 16.5. The molecule has 0 aromatic carbocycles. The first kappa shape index (κ1) is 23.8. The van der Waals surface area contributed by atoms with Crippen LogP contribution in [0.15, 0.2) is 12.2 Å². The molecule has 27 heavy (non-hydrogen) atoms. The minimum Gasteiger partial charge on any atom is -0.469 e. The molecule has 1 aliphatic carbocycles. The van der Waals surface area contributed by atoms with Crippen LogP contribution in [0.5, 0.6) is 0 Å². The second kappa shape index (κ2) is 12.3. The first-order chi connectivity index (χ1) is 12.8. The van der Waals surface area contributed by atoms with Crippen molar-refractivity contribution in [2.45, 2.75) is 96.2 Å². The standard InChI is InChI=1S/C22H38O5/c1-4-5-14-22(2,26)15-10-12-18-17(19(23)16-20(18)24)11-8-6-7-9-13-21(25)27-3/h10,12,17-18,20,24,26H,4-9,11,13-16H2,1-3H3/b12-10-/t17-,18-,20-,22?/m1/s1. The van der Waals surface area contributed by atoms with E-state index in [4.69, 9.17) is 0 Å². The maximum atomic E-state index is 12.2. The maximum Gasteiger partial charge on any atom is 0.305 e. The van der Waals surface area contributed by atoms with E-state index in [2.05, 4.69) is 11.7 Å². The number of aliphatic hydroxyl groups excluding tert-OH is 1. The minimum atomic E-state index is -0.727. The normalized spacial score (nSPS) is 25.1. The lowest BCUT2D eigenvalue weighted by Gasteiger charge is -2.22. The Balaban J connectivity index is 2.42. The number of aliphatic hydroxyl groups is 2.